The highest BCUT2D eigenvalue weighted by atomic mass is 32.1. The Bertz CT molecular complexity index is 524. The van der Waals surface area contributed by atoms with Crippen LogP contribution in [0.2, 0.25) is 0 Å². The van der Waals surface area contributed by atoms with Crippen LogP contribution in [-0.2, 0) is 28.9 Å². The van der Waals surface area contributed by atoms with E-state index in [2.05, 4.69) is 24.3 Å². The van der Waals surface area contributed by atoms with E-state index < -0.39 is 0 Å². The van der Waals surface area contributed by atoms with E-state index in [4.69, 9.17) is 14.5 Å². The van der Waals surface area contributed by atoms with E-state index in [0.29, 0.717) is 0 Å². The van der Waals surface area contributed by atoms with Crippen molar-refractivity contribution < 1.29 is 9.47 Å². The van der Waals surface area contributed by atoms with Gasteiger partial charge in [-0.25, -0.2) is 4.98 Å². The van der Waals surface area contributed by atoms with Crippen LogP contribution < -0.4 is 0 Å². The zero-order chi connectivity index (χ0) is 13.1. The van der Waals surface area contributed by atoms with E-state index in [0.717, 1.165) is 37.7 Å². The lowest BCUT2D eigenvalue weighted by atomic mass is 10.1. The van der Waals surface area contributed by atoms with Crippen LogP contribution >= 0.6 is 11.3 Å². The molecular formula is C15H17NO2S. The average Bonchev–Trinajstić information content (AvgIpc) is 2.89. The highest BCUT2D eigenvalue weighted by molar-refractivity contribution is 7.15. The van der Waals surface area contributed by atoms with Gasteiger partial charge in [0, 0.05) is 19.1 Å². The molecule has 3 rings (SSSR count). The summed E-state index contributed by atoms with van der Waals surface area (Å²) in [7, 11) is 1.73. The average molecular weight is 275 g/mol. The number of nitrogens with zero attached hydrogens (tertiary/aromatic N) is 1. The van der Waals surface area contributed by atoms with Crippen LogP contribution in [0.4, 0.5) is 0 Å². The van der Waals surface area contributed by atoms with E-state index in [1.165, 1.54) is 21.7 Å². The summed E-state index contributed by atoms with van der Waals surface area (Å²) >= 11 is 1.75. The summed E-state index contributed by atoms with van der Waals surface area (Å²) in [6, 6.07) is 8.61. The van der Waals surface area contributed by atoms with Gasteiger partial charge in [-0.05, 0) is 12.0 Å². The lowest BCUT2D eigenvalue weighted by molar-refractivity contribution is 0.112. The monoisotopic (exact) mass is 275 g/mol. The predicted octanol–water partition coefficient (Wildman–Crippen LogP) is 3.07. The maximum absolute atomic E-state index is 5.47. The second-order valence-electron chi connectivity index (χ2n) is 4.63. The van der Waals surface area contributed by atoms with Crippen LogP contribution in [0.5, 0.6) is 0 Å². The third kappa shape index (κ3) is 2.86. The molecule has 0 amide bonds. The molecule has 2 heterocycles. The summed E-state index contributed by atoms with van der Waals surface area (Å²) in [6.45, 7) is 2.29. The highest BCUT2D eigenvalue weighted by Crippen LogP contribution is 2.30. The fourth-order valence-electron chi connectivity index (χ4n) is 2.18. The van der Waals surface area contributed by atoms with Gasteiger partial charge in [0.2, 0.25) is 0 Å². The van der Waals surface area contributed by atoms with Crippen LogP contribution in [0.1, 0.15) is 16.1 Å². The molecule has 3 nitrogen and oxygen atoms in total. The van der Waals surface area contributed by atoms with Crippen molar-refractivity contribution in [3.8, 4) is 10.6 Å². The van der Waals surface area contributed by atoms with Crippen LogP contribution in [0.15, 0.2) is 24.3 Å². The molecule has 1 aliphatic heterocycles. The lowest BCUT2D eigenvalue weighted by Gasteiger charge is -2.08. The maximum Gasteiger partial charge on any atom is 0.123 e. The minimum absolute atomic E-state index is 0.721. The molecule has 0 radical (unpaired) electrons. The highest BCUT2D eigenvalue weighted by Gasteiger charge is 2.16. The predicted molar refractivity (Wildman–Crippen MR) is 76.5 cm³/mol. The largest absolute Gasteiger partial charge is 0.384 e. The molecule has 19 heavy (non-hydrogen) atoms. The van der Waals surface area contributed by atoms with Crippen molar-refractivity contribution in [2.75, 3.05) is 20.3 Å². The van der Waals surface area contributed by atoms with Crippen molar-refractivity contribution in [1.29, 1.82) is 0 Å². The minimum atomic E-state index is 0.721. The van der Waals surface area contributed by atoms with Crippen molar-refractivity contribution in [3.63, 3.8) is 0 Å². The molecule has 0 spiro atoms. The maximum atomic E-state index is 5.47. The van der Waals surface area contributed by atoms with E-state index in [1.54, 1.807) is 18.4 Å². The van der Waals surface area contributed by atoms with E-state index in [1.807, 2.05) is 0 Å². The zero-order valence-electron chi connectivity index (χ0n) is 11.0. The summed E-state index contributed by atoms with van der Waals surface area (Å²) in [5.41, 5.74) is 3.71. The molecule has 2 aromatic rings. The van der Waals surface area contributed by atoms with Gasteiger partial charge in [-0.15, -0.1) is 11.3 Å². The first kappa shape index (κ1) is 12.8. The topological polar surface area (TPSA) is 31.4 Å². The first-order chi connectivity index (χ1) is 9.36. The number of ether oxygens (including phenoxy) is 2. The quantitative estimate of drug-likeness (QED) is 0.859. The molecule has 0 aliphatic carbocycles. The van der Waals surface area contributed by atoms with Gasteiger partial charge in [0.25, 0.3) is 0 Å². The van der Waals surface area contributed by atoms with Crippen molar-refractivity contribution >= 4 is 11.3 Å². The summed E-state index contributed by atoms with van der Waals surface area (Å²) in [4.78, 5) is 6.01. The molecule has 1 aromatic heterocycles. The number of benzene rings is 1. The number of rotatable bonds is 4. The number of thiazole rings is 1. The third-order valence-corrected chi connectivity index (χ3v) is 4.41. The van der Waals surface area contributed by atoms with Gasteiger partial charge in [0.05, 0.1) is 30.4 Å². The van der Waals surface area contributed by atoms with Crippen LogP contribution in [0, 0.1) is 0 Å². The smallest absolute Gasteiger partial charge is 0.123 e. The molecule has 0 atom stereocenters. The fraction of sp³-hybridized carbons (Fsp3) is 0.400. The van der Waals surface area contributed by atoms with Crippen molar-refractivity contribution in [2.45, 2.75) is 19.4 Å². The van der Waals surface area contributed by atoms with Gasteiger partial charge < -0.3 is 9.47 Å². The van der Waals surface area contributed by atoms with Crippen molar-refractivity contribution in [3.05, 3.63) is 40.4 Å². The summed E-state index contributed by atoms with van der Waals surface area (Å²) in [5, 5.41) is 1.11. The Kier molecular flexibility index (Phi) is 3.92. The SMILES string of the molecule is COCCc1ccc(-c2nc3c(s2)COCC3)cc1. The van der Waals surface area contributed by atoms with Crippen molar-refractivity contribution in [2.24, 2.45) is 0 Å². The molecule has 100 valence electrons. The normalized spacial score (nSPS) is 14.4. The number of fused-ring (bicyclic) bond motifs is 1. The number of methoxy groups -OCH3 is 1. The molecule has 1 aliphatic rings. The number of hydrogen-bond acceptors (Lipinski definition) is 4. The summed E-state index contributed by atoms with van der Waals surface area (Å²) < 4.78 is 10.6. The van der Waals surface area contributed by atoms with Gasteiger partial charge in [-0.2, -0.15) is 0 Å². The summed E-state index contributed by atoms with van der Waals surface area (Å²) in [6.07, 6.45) is 1.90. The van der Waals surface area contributed by atoms with Crippen LogP contribution in [0.3, 0.4) is 0 Å². The second-order valence-corrected chi connectivity index (χ2v) is 5.71. The fourth-order valence-corrected chi connectivity index (χ4v) is 3.23. The van der Waals surface area contributed by atoms with Gasteiger partial charge in [-0.1, -0.05) is 24.3 Å². The first-order valence-electron chi connectivity index (χ1n) is 6.51. The second kappa shape index (κ2) is 5.82. The Morgan fingerprint density at radius 2 is 2.16 bits per heavy atom. The lowest BCUT2D eigenvalue weighted by Crippen LogP contribution is -2.07. The molecule has 0 saturated heterocycles. The standard InChI is InChI=1S/C15H17NO2S/c1-17-8-6-11-2-4-12(5-3-11)15-16-13-7-9-18-10-14(13)19-15/h2-5H,6-10H2,1H3. The van der Waals surface area contributed by atoms with E-state index >= 15 is 0 Å². The minimum Gasteiger partial charge on any atom is -0.384 e. The van der Waals surface area contributed by atoms with Gasteiger partial charge in [-0.3, -0.25) is 0 Å². The molecule has 1 aromatic carbocycles. The summed E-state index contributed by atoms with van der Waals surface area (Å²) in [5.74, 6) is 0. The molecule has 0 fully saturated rings. The molecule has 0 saturated carbocycles. The van der Waals surface area contributed by atoms with Crippen LogP contribution in [0.25, 0.3) is 10.6 Å². The Balaban J connectivity index is 1.79. The Morgan fingerprint density at radius 1 is 1.32 bits per heavy atom. The van der Waals surface area contributed by atoms with Gasteiger partial charge in [0.1, 0.15) is 5.01 Å². The molecule has 4 heteroatoms. The molecule has 0 bridgehead atoms. The molecule has 0 unspecified atom stereocenters. The van der Waals surface area contributed by atoms with Crippen LogP contribution in [-0.4, -0.2) is 25.3 Å². The molecule has 0 N–H and O–H groups in total. The Morgan fingerprint density at radius 3 is 2.89 bits per heavy atom. The van der Waals surface area contributed by atoms with Gasteiger partial charge >= 0.3 is 0 Å². The van der Waals surface area contributed by atoms with Crippen molar-refractivity contribution in [1.82, 2.24) is 4.98 Å². The number of hydrogen-bond donors (Lipinski definition) is 0. The molecular weight excluding hydrogens is 258 g/mol. The first-order valence-corrected chi connectivity index (χ1v) is 7.33. The Hall–Kier alpha value is -1.23. The van der Waals surface area contributed by atoms with E-state index in [9.17, 15) is 0 Å². The van der Waals surface area contributed by atoms with Gasteiger partial charge in [0.15, 0.2) is 0 Å². The third-order valence-electron chi connectivity index (χ3n) is 3.29. The van der Waals surface area contributed by atoms with E-state index in [-0.39, 0.29) is 0 Å². The number of aromatic nitrogens is 1. The Labute approximate surface area is 117 Å². The zero-order valence-corrected chi connectivity index (χ0v) is 11.8.